The van der Waals surface area contributed by atoms with E-state index in [1.165, 1.54) is 23.5 Å². The largest absolute Gasteiger partial charge is 0.493 e. The summed E-state index contributed by atoms with van der Waals surface area (Å²) < 4.78 is 37.9. The Bertz CT molecular complexity index is 1020. The summed E-state index contributed by atoms with van der Waals surface area (Å²) in [5.74, 6) is 0.412. The number of sulfonamides is 1. The maximum absolute atomic E-state index is 13.0. The minimum Gasteiger partial charge on any atom is -0.493 e. The summed E-state index contributed by atoms with van der Waals surface area (Å²) in [6.07, 6.45) is 1.22. The van der Waals surface area contributed by atoms with E-state index in [-0.39, 0.29) is 17.3 Å². The standard InChI is InChI=1S/C21H25ClN2O5S/c1-14-11-19(28-2)20(29-3)12-18(14)23-21(25)15-5-4-10-24(13-15)30(26,27)17-8-6-16(22)7-9-17/h6-9,11-12,15H,4-5,10,13H2,1-3H3,(H,23,25). The molecular formula is C21H25ClN2O5S. The van der Waals surface area contributed by atoms with Crippen molar-refractivity contribution in [1.82, 2.24) is 4.31 Å². The highest BCUT2D eigenvalue weighted by molar-refractivity contribution is 7.89. The quantitative estimate of drug-likeness (QED) is 0.722. The van der Waals surface area contributed by atoms with E-state index in [4.69, 9.17) is 21.1 Å². The van der Waals surface area contributed by atoms with Gasteiger partial charge in [0.1, 0.15) is 0 Å². The molecule has 0 bridgehead atoms. The average molecular weight is 453 g/mol. The number of carbonyl (C=O) groups excluding carboxylic acids is 1. The summed E-state index contributed by atoms with van der Waals surface area (Å²) in [5, 5.41) is 3.38. The predicted octanol–water partition coefficient (Wildman–Crippen LogP) is 3.71. The molecule has 0 saturated carbocycles. The van der Waals surface area contributed by atoms with Crippen molar-refractivity contribution in [1.29, 1.82) is 0 Å². The average Bonchev–Trinajstić information content (AvgIpc) is 2.75. The summed E-state index contributed by atoms with van der Waals surface area (Å²) >= 11 is 5.86. The zero-order valence-corrected chi connectivity index (χ0v) is 18.7. The number of carbonyl (C=O) groups is 1. The van der Waals surface area contributed by atoms with Crippen molar-refractivity contribution in [2.75, 3.05) is 32.6 Å². The fourth-order valence-electron chi connectivity index (χ4n) is 3.48. The van der Waals surface area contributed by atoms with Crippen molar-refractivity contribution < 1.29 is 22.7 Å². The highest BCUT2D eigenvalue weighted by atomic mass is 35.5. The van der Waals surface area contributed by atoms with Gasteiger partial charge < -0.3 is 14.8 Å². The van der Waals surface area contributed by atoms with Crippen LogP contribution in [0.3, 0.4) is 0 Å². The molecule has 1 heterocycles. The first-order valence-electron chi connectivity index (χ1n) is 9.55. The minimum atomic E-state index is -3.69. The fourth-order valence-corrected chi connectivity index (χ4v) is 5.13. The van der Waals surface area contributed by atoms with Crippen LogP contribution in [-0.2, 0) is 14.8 Å². The third-order valence-electron chi connectivity index (χ3n) is 5.19. The molecule has 1 saturated heterocycles. The van der Waals surface area contributed by atoms with Gasteiger partial charge in [-0.25, -0.2) is 8.42 Å². The van der Waals surface area contributed by atoms with Gasteiger partial charge in [-0.15, -0.1) is 0 Å². The molecule has 0 aromatic heterocycles. The zero-order chi connectivity index (χ0) is 21.9. The molecule has 7 nitrogen and oxygen atoms in total. The second-order valence-electron chi connectivity index (χ2n) is 7.17. The number of amides is 1. The molecule has 1 atom stereocenters. The van der Waals surface area contributed by atoms with Gasteiger partial charge in [0.25, 0.3) is 0 Å². The maximum Gasteiger partial charge on any atom is 0.243 e. The number of anilines is 1. The molecule has 1 fully saturated rings. The molecule has 9 heteroatoms. The van der Waals surface area contributed by atoms with Crippen molar-refractivity contribution in [3.05, 3.63) is 47.0 Å². The minimum absolute atomic E-state index is 0.128. The van der Waals surface area contributed by atoms with Crippen LogP contribution in [0.2, 0.25) is 5.02 Å². The lowest BCUT2D eigenvalue weighted by atomic mass is 9.98. The lowest BCUT2D eigenvalue weighted by Gasteiger charge is -2.31. The Morgan fingerprint density at radius 3 is 2.40 bits per heavy atom. The maximum atomic E-state index is 13.0. The lowest BCUT2D eigenvalue weighted by Crippen LogP contribution is -2.43. The monoisotopic (exact) mass is 452 g/mol. The van der Waals surface area contributed by atoms with Crippen molar-refractivity contribution in [3.8, 4) is 11.5 Å². The van der Waals surface area contributed by atoms with Crippen LogP contribution < -0.4 is 14.8 Å². The molecule has 1 unspecified atom stereocenters. The number of rotatable bonds is 6. The molecular weight excluding hydrogens is 428 g/mol. The number of benzene rings is 2. The zero-order valence-electron chi connectivity index (χ0n) is 17.1. The van der Waals surface area contributed by atoms with Gasteiger partial charge in [-0.05, 0) is 55.7 Å². The highest BCUT2D eigenvalue weighted by Crippen LogP contribution is 2.33. The Hall–Kier alpha value is -2.29. The molecule has 3 rings (SSSR count). The van der Waals surface area contributed by atoms with Gasteiger partial charge in [0.2, 0.25) is 15.9 Å². The number of nitrogens with zero attached hydrogens (tertiary/aromatic N) is 1. The van der Waals surface area contributed by atoms with E-state index >= 15 is 0 Å². The van der Waals surface area contributed by atoms with Crippen LogP contribution >= 0.6 is 11.6 Å². The van der Waals surface area contributed by atoms with Crippen LogP contribution in [0.1, 0.15) is 18.4 Å². The van der Waals surface area contributed by atoms with E-state index in [0.717, 1.165) is 5.56 Å². The van der Waals surface area contributed by atoms with E-state index < -0.39 is 15.9 Å². The highest BCUT2D eigenvalue weighted by Gasteiger charge is 2.33. The number of nitrogens with one attached hydrogen (secondary N) is 1. The van der Waals surface area contributed by atoms with E-state index in [1.807, 2.05) is 6.92 Å². The molecule has 1 aliphatic rings. The number of piperidine rings is 1. The molecule has 1 amide bonds. The molecule has 1 N–H and O–H groups in total. The summed E-state index contributed by atoms with van der Waals surface area (Å²) in [5.41, 5.74) is 1.43. The van der Waals surface area contributed by atoms with Crippen LogP contribution in [0.15, 0.2) is 41.3 Å². The lowest BCUT2D eigenvalue weighted by molar-refractivity contribution is -0.120. The van der Waals surface area contributed by atoms with Gasteiger partial charge in [-0.2, -0.15) is 4.31 Å². The number of aryl methyl sites for hydroxylation is 1. The third-order valence-corrected chi connectivity index (χ3v) is 7.33. The van der Waals surface area contributed by atoms with Crippen LogP contribution in [0.25, 0.3) is 0 Å². The first-order valence-corrected chi connectivity index (χ1v) is 11.4. The molecule has 30 heavy (non-hydrogen) atoms. The van der Waals surface area contributed by atoms with Gasteiger partial charge in [-0.3, -0.25) is 4.79 Å². The van der Waals surface area contributed by atoms with Crippen molar-refractivity contribution in [3.63, 3.8) is 0 Å². The Labute approximate surface area is 182 Å². The van der Waals surface area contributed by atoms with Crippen LogP contribution in [0, 0.1) is 12.8 Å². The van der Waals surface area contributed by atoms with Crippen molar-refractivity contribution in [2.45, 2.75) is 24.7 Å². The molecule has 162 valence electrons. The molecule has 0 radical (unpaired) electrons. The Kier molecular flexibility index (Phi) is 6.90. The molecule has 0 spiro atoms. The van der Waals surface area contributed by atoms with Gasteiger partial charge in [-0.1, -0.05) is 11.6 Å². The first kappa shape index (κ1) is 22.4. The van der Waals surface area contributed by atoms with Crippen LogP contribution in [0.4, 0.5) is 5.69 Å². The van der Waals surface area contributed by atoms with Gasteiger partial charge >= 0.3 is 0 Å². The fraction of sp³-hybridized carbons (Fsp3) is 0.381. The predicted molar refractivity (Wildman–Crippen MR) is 116 cm³/mol. The van der Waals surface area contributed by atoms with Gasteiger partial charge in [0.05, 0.1) is 25.0 Å². The normalized spacial score (nSPS) is 17.4. The van der Waals surface area contributed by atoms with Gasteiger partial charge in [0.15, 0.2) is 11.5 Å². The van der Waals surface area contributed by atoms with E-state index in [2.05, 4.69) is 5.32 Å². The number of hydrogen-bond acceptors (Lipinski definition) is 5. The Morgan fingerprint density at radius 1 is 1.13 bits per heavy atom. The first-order chi connectivity index (χ1) is 14.3. The molecule has 1 aliphatic heterocycles. The third kappa shape index (κ3) is 4.71. The van der Waals surface area contributed by atoms with E-state index in [1.54, 1.807) is 31.4 Å². The number of methoxy groups -OCH3 is 2. The summed E-state index contributed by atoms with van der Waals surface area (Å²) in [7, 11) is -0.612. The van der Waals surface area contributed by atoms with Crippen molar-refractivity contribution in [2.24, 2.45) is 5.92 Å². The topological polar surface area (TPSA) is 84.9 Å². The molecule has 2 aromatic rings. The smallest absolute Gasteiger partial charge is 0.243 e. The van der Waals surface area contributed by atoms with Crippen LogP contribution in [0.5, 0.6) is 11.5 Å². The van der Waals surface area contributed by atoms with Crippen molar-refractivity contribution >= 4 is 33.2 Å². The number of halogens is 1. The summed E-state index contributed by atoms with van der Waals surface area (Å²) in [4.78, 5) is 13.1. The molecule has 0 aliphatic carbocycles. The van der Waals surface area contributed by atoms with E-state index in [0.29, 0.717) is 41.6 Å². The SMILES string of the molecule is COc1cc(C)c(NC(=O)C2CCCN(S(=O)(=O)c3ccc(Cl)cc3)C2)cc1OC. The summed E-state index contributed by atoms with van der Waals surface area (Å²) in [6, 6.07) is 9.54. The summed E-state index contributed by atoms with van der Waals surface area (Å²) in [6.45, 7) is 2.36. The van der Waals surface area contributed by atoms with E-state index in [9.17, 15) is 13.2 Å². The van der Waals surface area contributed by atoms with Crippen LogP contribution in [-0.4, -0.2) is 45.9 Å². The Morgan fingerprint density at radius 2 is 1.77 bits per heavy atom. The second kappa shape index (κ2) is 9.24. The number of hydrogen-bond donors (Lipinski definition) is 1. The Balaban J connectivity index is 1.75. The second-order valence-corrected chi connectivity index (χ2v) is 9.54. The molecule has 2 aromatic carbocycles. The van der Waals surface area contributed by atoms with Gasteiger partial charge in [0, 0.05) is 29.9 Å². The number of ether oxygens (including phenoxy) is 2.